The van der Waals surface area contributed by atoms with Gasteiger partial charge in [0.15, 0.2) is 0 Å². The first kappa shape index (κ1) is 9.69. The lowest BCUT2D eigenvalue weighted by Gasteiger charge is -2.25. The number of hydrogen-bond acceptors (Lipinski definition) is 2. The van der Waals surface area contributed by atoms with E-state index in [9.17, 15) is 0 Å². The molecule has 76 valence electrons. The monoisotopic (exact) mass is 191 g/mol. The number of benzene rings is 1. The van der Waals surface area contributed by atoms with Gasteiger partial charge in [-0.05, 0) is 19.0 Å². The Morgan fingerprint density at radius 1 is 1.21 bits per heavy atom. The topological polar surface area (TPSA) is 12.5 Å². The minimum absolute atomic E-state index is 0.527. The third kappa shape index (κ3) is 2.14. The van der Waals surface area contributed by atoms with Crippen molar-refractivity contribution in [3.05, 3.63) is 35.9 Å². The van der Waals surface area contributed by atoms with Crippen LogP contribution >= 0.6 is 0 Å². The number of ether oxygens (including phenoxy) is 1. The molecule has 1 aliphatic heterocycles. The average Bonchev–Trinajstić information content (AvgIpc) is 2.44. The summed E-state index contributed by atoms with van der Waals surface area (Å²) in [5.41, 5.74) is 1.40. The Morgan fingerprint density at radius 2 is 2.00 bits per heavy atom. The Hall–Kier alpha value is -0.860. The highest BCUT2D eigenvalue weighted by atomic mass is 16.5. The number of nitrogens with zero attached hydrogens (tertiary/aromatic N) is 1. The maximum atomic E-state index is 5.47. The van der Waals surface area contributed by atoms with Gasteiger partial charge < -0.3 is 4.74 Å². The Kier molecular flexibility index (Phi) is 3.17. The molecule has 1 unspecified atom stereocenters. The van der Waals surface area contributed by atoms with Crippen molar-refractivity contribution >= 4 is 0 Å². The second-order valence-corrected chi connectivity index (χ2v) is 3.81. The quantitative estimate of drug-likeness (QED) is 0.674. The molecule has 0 bridgehead atoms. The van der Waals surface area contributed by atoms with E-state index in [4.69, 9.17) is 4.74 Å². The molecule has 0 aromatic heterocycles. The molecule has 0 aliphatic carbocycles. The molecule has 2 nitrogen and oxygen atoms in total. The van der Waals surface area contributed by atoms with Crippen LogP contribution in [0.3, 0.4) is 0 Å². The predicted molar refractivity (Wildman–Crippen MR) is 57.2 cm³/mol. The predicted octanol–water partition coefficient (Wildman–Crippen LogP) is 2.08. The van der Waals surface area contributed by atoms with Crippen molar-refractivity contribution in [1.29, 1.82) is 0 Å². The van der Waals surface area contributed by atoms with Crippen LogP contribution in [-0.4, -0.2) is 31.7 Å². The highest BCUT2D eigenvalue weighted by molar-refractivity contribution is 5.19. The molecule has 0 N–H and O–H groups in total. The van der Waals surface area contributed by atoms with Crippen LogP contribution in [0.15, 0.2) is 30.3 Å². The van der Waals surface area contributed by atoms with E-state index >= 15 is 0 Å². The fourth-order valence-corrected chi connectivity index (χ4v) is 1.98. The molecule has 1 aliphatic rings. The summed E-state index contributed by atoms with van der Waals surface area (Å²) in [6.45, 7) is 2.77. The molecule has 1 aromatic rings. The van der Waals surface area contributed by atoms with Gasteiger partial charge in [-0.2, -0.15) is 0 Å². The summed E-state index contributed by atoms with van der Waals surface area (Å²) < 4.78 is 5.47. The molecular formula is C12H17NO. The van der Waals surface area contributed by atoms with E-state index in [0.29, 0.717) is 6.04 Å². The first-order valence-corrected chi connectivity index (χ1v) is 5.21. The van der Waals surface area contributed by atoms with E-state index in [1.54, 1.807) is 0 Å². The Balaban J connectivity index is 2.15. The van der Waals surface area contributed by atoms with Gasteiger partial charge in [0.05, 0.1) is 6.61 Å². The molecule has 0 spiro atoms. The molecule has 2 heteroatoms. The molecule has 0 radical (unpaired) electrons. The summed E-state index contributed by atoms with van der Waals surface area (Å²) in [5.74, 6) is 0. The van der Waals surface area contributed by atoms with Crippen LogP contribution in [0.2, 0.25) is 0 Å². The normalized spacial score (nSPS) is 24.5. The van der Waals surface area contributed by atoms with Crippen LogP contribution in [0.1, 0.15) is 18.0 Å². The number of hydrogen-bond donors (Lipinski definition) is 0. The zero-order valence-electron chi connectivity index (χ0n) is 8.65. The molecule has 1 fully saturated rings. The van der Waals surface area contributed by atoms with Crippen LogP contribution in [0.4, 0.5) is 0 Å². The zero-order valence-corrected chi connectivity index (χ0v) is 8.65. The Labute approximate surface area is 85.5 Å². The summed E-state index contributed by atoms with van der Waals surface area (Å²) in [6.07, 6.45) is 1.10. The van der Waals surface area contributed by atoms with Gasteiger partial charge in [-0.25, -0.2) is 0 Å². The zero-order chi connectivity index (χ0) is 9.80. The van der Waals surface area contributed by atoms with Gasteiger partial charge in [-0.1, -0.05) is 30.3 Å². The van der Waals surface area contributed by atoms with Crippen molar-refractivity contribution in [3.8, 4) is 0 Å². The van der Waals surface area contributed by atoms with Gasteiger partial charge in [0.25, 0.3) is 0 Å². The van der Waals surface area contributed by atoms with Crippen LogP contribution in [0, 0.1) is 0 Å². The standard InChI is InChI=1S/C12H17NO/c1-13-8-10-14-9-7-12(13)11-5-3-2-4-6-11/h2-6,12H,7-10H2,1H3. The third-order valence-corrected chi connectivity index (χ3v) is 2.84. The second kappa shape index (κ2) is 4.58. The fraction of sp³-hybridized carbons (Fsp3) is 0.500. The van der Waals surface area contributed by atoms with Gasteiger partial charge in [0.1, 0.15) is 0 Å². The summed E-state index contributed by atoms with van der Waals surface area (Å²) in [5, 5.41) is 0. The van der Waals surface area contributed by atoms with E-state index in [1.807, 2.05) is 0 Å². The summed E-state index contributed by atoms with van der Waals surface area (Å²) in [7, 11) is 2.17. The van der Waals surface area contributed by atoms with E-state index in [2.05, 4.69) is 42.3 Å². The van der Waals surface area contributed by atoms with Crippen LogP contribution in [0.5, 0.6) is 0 Å². The Bertz CT molecular complexity index is 273. The molecule has 1 saturated heterocycles. The minimum Gasteiger partial charge on any atom is -0.380 e. The molecule has 2 rings (SSSR count). The second-order valence-electron chi connectivity index (χ2n) is 3.81. The van der Waals surface area contributed by atoms with E-state index in [0.717, 1.165) is 26.2 Å². The van der Waals surface area contributed by atoms with Crippen molar-refractivity contribution < 1.29 is 4.74 Å². The molecular weight excluding hydrogens is 174 g/mol. The van der Waals surface area contributed by atoms with Gasteiger partial charge in [0, 0.05) is 19.2 Å². The van der Waals surface area contributed by atoms with Gasteiger partial charge in [0.2, 0.25) is 0 Å². The largest absolute Gasteiger partial charge is 0.380 e. The third-order valence-electron chi connectivity index (χ3n) is 2.84. The summed E-state index contributed by atoms with van der Waals surface area (Å²) in [6, 6.07) is 11.2. The average molecular weight is 191 g/mol. The smallest absolute Gasteiger partial charge is 0.0593 e. The maximum absolute atomic E-state index is 5.47. The summed E-state index contributed by atoms with van der Waals surface area (Å²) >= 11 is 0. The lowest BCUT2D eigenvalue weighted by atomic mass is 10.0. The van der Waals surface area contributed by atoms with Crippen LogP contribution in [0.25, 0.3) is 0 Å². The van der Waals surface area contributed by atoms with E-state index < -0.39 is 0 Å². The fourth-order valence-electron chi connectivity index (χ4n) is 1.98. The van der Waals surface area contributed by atoms with E-state index in [-0.39, 0.29) is 0 Å². The first-order valence-electron chi connectivity index (χ1n) is 5.21. The number of likely N-dealkylation sites (N-methyl/N-ethyl adjacent to an activating group) is 1. The van der Waals surface area contributed by atoms with Gasteiger partial charge in [-0.3, -0.25) is 4.90 Å². The molecule has 14 heavy (non-hydrogen) atoms. The highest BCUT2D eigenvalue weighted by Crippen LogP contribution is 2.24. The van der Waals surface area contributed by atoms with Gasteiger partial charge in [-0.15, -0.1) is 0 Å². The summed E-state index contributed by atoms with van der Waals surface area (Å²) in [4.78, 5) is 2.38. The van der Waals surface area contributed by atoms with Crippen LogP contribution in [-0.2, 0) is 4.74 Å². The van der Waals surface area contributed by atoms with Crippen LogP contribution < -0.4 is 0 Å². The minimum atomic E-state index is 0.527. The Morgan fingerprint density at radius 3 is 2.79 bits per heavy atom. The maximum Gasteiger partial charge on any atom is 0.0593 e. The SMILES string of the molecule is CN1CCOCCC1c1ccccc1. The van der Waals surface area contributed by atoms with Crippen molar-refractivity contribution in [2.45, 2.75) is 12.5 Å². The lowest BCUT2D eigenvalue weighted by molar-refractivity contribution is 0.144. The highest BCUT2D eigenvalue weighted by Gasteiger charge is 2.18. The lowest BCUT2D eigenvalue weighted by Crippen LogP contribution is -2.25. The van der Waals surface area contributed by atoms with Crippen molar-refractivity contribution in [2.24, 2.45) is 0 Å². The van der Waals surface area contributed by atoms with Gasteiger partial charge >= 0.3 is 0 Å². The van der Waals surface area contributed by atoms with Crippen molar-refractivity contribution in [1.82, 2.24) is 4.90 Å². The molecule has 0 amide bonds. The molecule has 0 saturated carbocycles. The van der Waals surface area contributed by atoms with Crippen molar-refractivity contribution in [3.63, 3.8) is 0 Å². The first-order chi connectivity index (χ1) is 6.88. The molecule has 1 atom stereocenters. The molecule has 1 heterocycles. The van der Waals surface area contributed by atoms with E-state index in [1.165, 1.54) is 5.56 Å². The molecule has 1 aromatic carbocycles. The number of rotatable bonds is 1. The van der Waals surface area contributed by atoms with Crippen molar-refractivity contribution in [2.75, 3.05) is 26.8 Å².